The number of hydrogen-bond acceptors (Lipinski definition) is 2. The minimum absolute atomic E-state index is 0.182. The van der Waals surface area contributed by atoms with Crippen molar-refractivity contribution in [3.63, 3.8) is 0 Å². The molecule has 0 amide bonds. The van der Waals surface area contributed by atoms with Crippen molar-refractivity contribution in [3.05, 3.63) is 34.1 Å². The second-order valence-corrected chi connectivity index (χ2v) is 6.72. The number of rotatable bonds is 5. The average molecular weight is 358 g/mol. The Balaban J connectivity index is 1.98. The number of carbonyl (C=O) groups is 1. The molecule has 0 saturated carbocycles. The Labute approximate surface area is 133 Å². The molecule has 116 valence electrons. The van der Waals surface area contributed by atoms with Crippen LogP contribution in [0.4, 0.5) is 4.39 Å². The first kappa shape index (κ1) is 16.4. The highest BCUT2D eigenvalue weighted by Crippen LogP contribution is 2.28. The van der Waals surface area contributed by atoms with Crippen LogP contribution in [0.5, 0.6) is 0 Å². The quantitative estimate of drug-likeness (QED) is 0.868. The van der Waals surface area contributed by atoms with E-state index in [1.54, 1.807) is 6.07 Å². The highest BCUT2D eigenvalue weighted by Gasteiger charge is 2.26. The standard InChI is InChI=1S/C16H21BrFNO2/c1-11(8-15(20)21)12-5-3-7-19(9-12)10-13-4-2-6-14(18)16(13)17/h2,4,6,11-12H,3,5,7-10H2,1H3,(H,20,21). The molecule has 0 aliphatic carbocycles. The van der Waals surface area contributed by atoms with E-state index in [0.717, 1.165) is 31.5 Å². The molecule has 0 spiro atoms. The van der Waals surface area contributed by atoms with Crippen LogP contribution < -0.4 is 0 Å². The van der Waals surface area contributed by atoms with Gasteiger partial charge in [-0.1, -0.05) is 19.1 Å². The third-order valence-electron chi connectivity index (χ3n) is 4.27. The molecule has 21 heavy (non-hydrogen) atoms. The zero-order valence-corrected chi connectivity index (χ0v) is 13.8. The Hall–Kier alpha value is -0.940. The van der Waals surface area contributed by atoms with E-state index in [0.29, 0.717) is 16.9 Å². The van der Waals surface area contributed by atoms with Gasteiger partial charge in [0.2, 0.25) is 0 Å². The third kappa shape index (κ3) is 4.51. The molecule has 1 saturated heterocycles. The van der Waals surface area contributed by atoms with Crippen LogP contribution in [-0.4, -0.2) is 29.1 Å². The molecule has 2 atom stereocenters. The molecule has 1 aliphatic heterocycles. The van der Waals surface area contributed by atoms with Gasteiger partial charge in [0, 0.05) is 19.5 Å². The highest BCUT2D eigenvalue weighted by atomic mass is 79.9. The minimum Gasteiger partial charge on any atom is -0.481 e. The molecule has 0 bridgehead atoms. The van der Waals surface area contributed by atoms with Crippen molar-refractivity contribution in [2.24, 2.45) is 11.8 Å². The van der Waals surface area contributed by atoms with E-state index < -0.39 is 5.97 Å². The van der Waals surface area contributed by atoms with Crippen LogP contribution in [0.3, 0.4) is 0 Å². The van der Waals surface area contributed by atoms with Gasteiger partial charge in [0.05, 0.1) is 4.47 Å². The largest absolute Gasteiger partial charge is 0.481 e. The van der Waals surface area contributed by atoms with Gasteiger partial charge in [-0.3, -0.25) is 9.69 Å². The molecule has 0 radical (unpaired) electrons. The lowest BCUT2D eigenvalue weighted by Gasteiger charge is -2.35. The summed E-state index contributed by atoms with van der Waals surface area (Å²) in [4.78, 5) is 13.1. The van der Waals surface area contributed by atoms with Crippen LogP contribution in [0.25, 0.3) is 0 Å². The first-order valence-electron chi connectivity index (χ1n) is 7.34. The van der Waals surface area contributed by atoms with Crippen LogP contribution >= 0.6 is 15.9 Å². The number of nitrogens with zero attached hydrogens (tertiary/aromatic N) is 1. The Kier molecular flexibility index (Phi) is 5.76. The smallest absolute Gasteiger partial charge is 0.303 e. The molecule has 1 aromatic rings. The normalized spacial score (nSPS) is 21.2. The number of piperidine rings is 1. The van der Waals surface area contributed by atoms with E-state index in [9.17, 15) is 9.18 Å². The van der Waals surface area contributed by atoms with Crippen molar-refractivity contribution >= 4 is 21.9 Å². The summed E-state index contributed by atoms with van der Waals surface area (Å²) in [6.07, 6.45) is 2.37. The lowest BCUT2D eigenvalue weighted by atomic mass is 9.84. The van der Waals surface area contributed by atoms with E-state index in [1.165, 1.54) is 6.07 Å². The predicted octanol–water partition coefficient (Wildman–Crippen LogP) is 3.91. The number of hydrogen-bond donors (Lipinski definition) is 1. The fraction of sp³-hybridized carbons (Fsp3) is 0.562. The van der Waals surface area contributed by atoms with Gasteiger partial charge in [-0.2, -0.15) is 0 Å². The topological polar surface area (TPSA) is 40.5 Å². The van der Waals surface area contributed by atoms with Crippen molar-refractivity contribution in [3.8, 4) is 0 Å². The number of carboxylic acid groups (broad SMARTS) is 1. The van der Waals surface area contributed by atoms with E-state index in [1.807, 2.05) is 13.0 Å². The summed E-state index contributed by atoms with van der Waals surface area (Å²) in [6, 6.07) is 5.10. The van der Waals surface area contributed by atoms with Crippen LogP contribution in [-0.2, 0) is 11.3 Å². The Morgan fingerprint density at radius 1 is 1.57 bits per heavy atom. The molecule has 0 aromatic heterocycles. The molecule has 3 nitrogen and oxygen atoms in total. The molecule has 5 heteroatoms. The second kappa shape index (κ2) is 7.36. The van der Waals surface area contributed by atoms with E-state index >= 15 is 0 Å². The molecule has 2 rings (SSSR count). The Bertz CT molecular complexity index is 509. The van der Waals surface area contributed by atoms with E-state index in [2.05, 4.69) is 20.8 Å². The first-order chi connectivity index (χ1) is 9.97. The lowest BCUT2D eigenvalue weighted by molar-refractivity contribution is -0.138. The first-order valence-corrected chi connectivity index (χ1v) is 8.13. The van der Waals surface area contributed by atoms with Gasteiger partial charge in [-0.25, -0.2) is 4.39 Å². The molecular formula is C16H21BrFNO2. The Morgan fingerprint density at radius 3 is 3.05 bits per heavy atom. The van der Waals surface area contributed by atoms with Crippen LogP contribution in [0, 0.1) is 17.7 Å². The number of likely N-dealkylation sites (tertiary alicyclic amines) is 1. The maximum absolute atomic E-state index is 13.6. The van der Waals surface area contributed by atoms with Crippen molar-refractivity contribution in [2.75, 3.05) is 13.1 Å². The summed E-state index contributed by atoms with van der Waals surface area (Å²) >= 11 is 3.30. The SMILES string of the molecule is CC(CC(=O)O)C1CCCN(Cc2cccc(F)c2Br)C1. The average Bonchev–Trinajstić information content (AvgIpc) is 2.43. The van der Waals surface area contributed by atoms with Gasteiger partial charge in [0.15, 0.2) is 0 Å². The predicted molar refractivity (Wildman–Crippen MR) is 83.5 cm³/mol. The molecule has 1 aromatic carbocycles. The number of carboxylic acids is 1. The minimum atomic E-state index is -0.729. The van der Waals surface area contributed by atoms with Gasteiger partial charge in [0.25, 0.3) is 0 Å². The van der Waals surface area contributed by atoms with E-state index in [-0.39, 0.29) is 18.2 Å². The molecule has 1 N–H and O–H groups in total. The highest BCUT2D eigenvalue weighted by molar-refractivity contribution is 9.10. The lowest BCUT2D eigenvalue weighted by Crippen LogP contribution is -2.38. The molecule has 1 fully saturated rings. The third-order valence-corrected chi connectivity index (χ3v) is 5.16. The van der Waals surface area contributed by atoms with Crippen molar-refractivity contribution < 1.29 is 14.3 Å². The molecule has 1 aliphatic rings. The summed E-state index contributed by atoms with van der Waals surface area (Å²) in [5.74, 6) is -0.378. The monoisotopic (exact) mass is 357 g/mol. The van der Waals surface area contributed by atoms with Gasteiger partial charge >= 0.3 is 5.97 Å². The summed E-state index contributed by atoms with van der Waals surface area (Å²) in [6.45, 7) is 4.59. The fourth-order valence-corrected chi connectivity index (χ4v) is 3.44. The number of halogens is 2. The second-order valence-electron chi connectivity index (χ2n) is 5.93. The fourth-order valence-electron chi connectivity index (χ4n) is 3.05. The zero-order chi connectivity index (χ0) is 15.4. The maximum atomic E-state index is 13.6. The van der Waals surface area contributed by atoms with Crippen LogP contribution in [0.1, 0.15) is 31.7 Å². The van der Waals surface area contributed by atoms with Crippen molar-refractivity contribution in [1.29, 1.82) is 0 Å². The molecular weight excluding hydrogens is 337 g/mol. The van der Waals surface area contributed by atoms with Crippen LogP contribution in [0.15, 0.2) is 22.7 Å². The van der Waals surface area contributed by atoms with E-state index in [4.69, 9.17) is 5.11 Å². The van der Waals surface area contributed by atoms with Gasteiger partial charge < -0.3 is 5.11 Å². The summed E-state index contributed by atoms with van der Waals surface area (Å²) in [7, 11) is 0. The molecule has 2 unspecified atom stereocenters. The number of benzene rings is 1. The van der Waals surface area contributed by atoms with Gasteiger partial charge in [0.1, 0.15) is 5.82 Å². The summed E-state index contributed by atoms with van der Waals surface area (Å²) in [5, 5.41) is 8.92. The van der Waals surface area contributed by atoms with Crippen molar-refractivity contribution in [1.82, 2.24) is 4.90 Å². The van der Waals surface area contributed by atoms with Crippen LogP contribution in [0.2, 0.25) is 0 Å². The Morgan fingerprint density at radius 2 is 2.33 bits per heavy atom. The maximum Gasteiger partial charge on any atom is 0.303 e. The van der Waals surface area contributed by atoms with Gasteiger partial charge in [-0.15, -0.1) is 0 Å². The number of aliphatic carboxylic acids is 1. The summed E-state index contributed by atoms with van der Waals surface area (Å²) in [5.41, 5.74) is 0.946. The zero-order valence-electron chi connectivity index (χ0n) is 12.2. The molecule has 1 heterocycles. The van der Waals surface area contributed by atoms with Gasteiger partial charge in [-0.05, 0) is 58.8 Å². The summed E-state index contributed by atoms with van der Waals surface area (Å²) < 4.78 is 14.1. The van der Waals surface area contributed by atoms with Crippen molar-refractivity contribution in [2.45, 2.75) is 32.7 Å².